The number of aryl methyl sites for hydroxylation is 1. The van der Waals surface area contributed by atoms with Crippen molar-refractivity contribution < 1.29 is 34.0 Å². The van der Waals surface area contributed by atoms with E-state index in [9.17, 15) is 2.74 Å². The Balaban J connectivity index is 0.00000850. The van der Waals surface area contributed by atoms with Crippen LogP contribution < -0.4 is 14.5 Å². The van der Waals surface area contributed by atoms with Gasteiger partial charge in [-0.05, 0) is 150 Å². The number of hydrogen-bond donors (Lipinski definition) is 0. The number of aromatic nitrogens is 2. The maximum atomic E-state index is 9.44. The summed E-state index contributed by atoms with van der Waals surface area (Å²) in [5.41, 5.74) is 15.4. The van der Waals surface area contributed by atoms with Gasteiger partial charge in [0.1, 0.15) is 5.82 Å². The second-order valence-electron chi connectivity index (χ2n) is 28.9. The Bertz CT molecular complexity index is 4510. The maximum absolute atomic E-state index is 9.44. The predicted octanol–water partition coefficient (Wildman–Crippen LogP) is 21.8. The van der Waals surface area contributed by atoms with Crippen LogP contribution in [0, 0.1) is 25.7 Å². The summed E-state index contributed by atoms with van der Waals surface area (Å²) < 4.78 is 63.8. The molecule has 12 rings (SSSR count). The number of rotatable bonds is 8. The molecule has 2 aliphatic rings. The van der Waals surface area contributed by atoms with Gasteiger partial charge >= 0.3 is 0 Å². The molecular weight excluding hydrogens is 1220 g/mol. The molecule has 1 aliphatic heterocycles. The number of para-hydroxylation sites is 2. The summed E-state index contributed by atoms with van der Waals surface area (Å²) in [5, 5.41) is 1.83. The zero-order valence-corrected chi connectivity index (χ0v) is 54.6. The van der Waals surface area contributed by atoms with Gasteiger partial charge in [0, 0.05) is 82.1 Å². The number of pyridine rings is 1. The number of nitrogens with zero attached hydrogens (tertiary/aromatic N) is 4. The van der Waals surface area contributed by atoms with Crippen molar-refractivity contribution in [2.45, 2.75) is 163 Å². The van der Waals surface area contributed by atoms with Gasteiger partial charge in [-0.3, -0.25) is 0 Å². The van der Waals surface area contributed by atoms with E-state index in [2.05, 4.69) is 249 Å². The largest absolute Gasteiger partial charge is 0.509 e. The molecule has 0 unspecified atom stereocenters. The van der Waals surface area contributed by atoms with Crippen LogP contribution in [0.25, 0.3) is 61.0 Å². The van der Waals surface area contributed by atoms with Crippen molar-refractivity contribution in [2.75, 3.05) is 9.80 Å². The molecule has 438 valence electrons. The Kier molecular flexibility index (Phi) is 13.1. The van der Waals surface area contributed by atoms with Gasteiger partial charge in [-0.2, -0.15) is 12.1 Å². The summed E-state index contributed by atoms with van der Waals surface area (Å²) >= 11 is 0. The summed E-state index contributed by atoms with van der Waals surface area (Å²) in [5.74, 6) is 1.25. The first-order valence-corrected chi connectivity index (χ1v) is 29.8. The first-order chi connectivity index (χ1) is 42.0. The fourth-order valence-electron chi connectivity index (χ4n) is 12.4. The van der Waals surface area contributed by atoms with Crippen LogP contribution in [0.2, 0.25) is 0 Å². The average molecular weight is 1310 g/mol. The van der Waals surface area contributed by atoms with Crippen molar-refractivity contribution in [2.24, 2.45) is 0 Å². The Labute approximate surface area is 530 Å². The van der Waals surface area contributed by atoms with E-state index in [1.165, 1.54) is 16.7 Å². The van der Waals surface area contributed by atoms with Crippen molar-refractivity contribution in [3.63, 3.8) is 0 Å². The minimum Gasteiger partial charge on any atom is -0.509 e. The van der Waals surface area contributed by atoms with Crippen LogP contribution >= 0.6 is 0 Å². The monoisotopic (exact) mass is 1300 g/mol. The fourth-order valence-corrected chi connectivity index (χ4v) is 12.4. The quantitative estimate of drug-likeness (QED) is 0.142. The molecule has 10 aromatic rings. The molecule has 5 nitrogen and oxygen atoms in total. The van der Waals surface area contributed by atoms with E-state index < -0.39 is 17.7 Å². The van der Waals surface area contributed by atoms with Crippen molar-refractivity contribution in [3.8, 4) is 50.7 Å². The molecule has 85 heavy (non-hydrogen) atoms. The molecule has 6 heteroatoms. The van der Waals surface area contributed by atoms with E-state index in [0.29, 0.717) is 34.0 Å². The molecule has 0 N–H and O–H groups in total. The maximum Gasteiger partial charge on any atom is 0.135 e. The van der Waals surface area contributed by atoms with Gasteiger partial charge in [-0.25, -0.2) is 4.98 Å². The fraction of sp³-hybridized carbons (Fsp3) is 0.316. The molecular formula is C79H83N4OPt-3. The van der Waals surface area contributed by atoms with Crippen LogP contribution in [0.1, 0.15) is 171 Å². The third kappa shape index (κ3) is 11.0. The Hall–Kier alpha value is -7.20. The molecule has 3 heterocycles. The summed E-state index contributed by atoms with van der Waals surface area (Å²) in [6.07, 6.45) is 3.13. The Morgan fingerprint density at radius 2 is 1.18 bits per heavy atom. The van der Waals surface area contributed by atoms with Crippen molar-refractivity contribution >= 4 is 44.6 Å². The molecule has 0 fully saturated rings. The van der Waals surface area contributed by atoms with Gasteiger partial charge in [0.2, 0.25) is 0 Å². The average Bonchev–Trinajstić information content (AvgIpc) is 1.09. The summed E-state index contributed by atoms with van der Waals surface area (Å²) in [4.78, 5) is 9.64. The van der Waals surface area contributed by atoms with Crippen LogP contribution in [0.5, 0.6) is 11.5 Å². The topological polar surface area (TPSA) is 33.5 Å². The SMILES string of the molecule is [2H]c1c([2H])c(-c2cnc(-n3c4[c-]c(Oc5[c-]c(N6[CH-]N(c7c(-c8ccc(C(C)(C)C)cc8)cc(C(C)(C)C)cc7-c7cccc(C(C)(C)C)c7)c7ccccc76)ccc5)ccc4c4cc(C(C)(C)C)ccc43)cc2C([2H])([2H])[2H])c2c(c1[2H])C(C)(C)CCC2(C)C.[Pt]. The second-order valence-corrected chi connectivity index (χ2v) is 28.9. The van der Waals surface area contributed by atoms with Crippen LogP contribution in [0.4, 0.5) is 22.7 Å². The van der Waals surface area contributed by atoms with E-state index in [4.69, 9.17) is 15.2 Å². The number of hydrogen-bond acceptors (Lipinski definition) is 4. The summed E-state index contributed by atoms with van der Waals surface area (Å²) in [6.45, 7) is 34.9. The van der Waals surface area contributed by atoms with Crippen molar-refractivity contribution in [1.29, 1.82) is 0 Å². The van der Waals surface area contributed by atoms with E-state index >= 15 is 0 Å². The van der Waals surface area contributed by atoms with Gasteiger partial charge in [0.25, 0.3) is 0 Å². The van der Waals surface area contributed by atoms with Crippen LogP contribution in [-0.4, -0.2) is 9.55 Å². The summed E-state index contributed by atoms with van der Waals surface area (Å²) in [6, 6.07) is 56.3. The Morgan fingerprint density at radius 3 is 1.86 bits per heavy atom. The van der Waals surface area contributed by atoms with Gasteiger partial charge in [0.05, 0.1) is 4.11 Å². The molecule has 0 atom stereocenters. The van der Waals surface area contributed by atoms with E-state index in [-0.39, 0.29) is 72.0 Å². The van der Waals surface area contributed by atoms with Gasteiger partial charge in [-0.15, -0.1) is 48.1 Å². The third-order valence-corrected chi connectivity index (χ3v) is 17.7. The first kappa shape index (κ1) is 52.2. The van der Waals surface area contributed by atoms with E-state index in [1.807, 2.05) is 28.8 Å². The normalized spacial score (nSPS) is 16.2. The standard InChI is InChI=1S/C79H83N4O.Pt/c1-50-41-71(80-48-65(50)61-27-22-28-66-72(61)79(16,17)40-39-78(66,14)15)83-67-38-35-55(76(8,9)10)43-64(67)60-37-36-59(47-70(60)83)84-58-26-21-25-57(46-58)81-49-82(69-30-19-18-29-68(69)81)73-62(51-31-33-53(34-32-51)74(2,3)4)44-56(77(11,12)13)45-63(73)52-23-20-24-54(42-52)75(5,6)7;/h18-38,41-45,48-49H,39-40H2,1-17H3;/q-3;/i1D3,22D,27D,28D;. The van der Waals surface area contributed by atoms with Gasteiger partial charge in [-0.1, -0.05) is 207 Å². The molecule has 2 aromatic heterocycles. The van der Waals surface area contributed by atoms with Gasteiger partial charge < -0.3 is 19.1 Å². The molecule has 1 aliphatic carbocycles. The third-order valence-electron chi connectivity index (χ3n) is 17.7. The Morgan fingerprint density at radius 1 is 0.553 bits per heavy atom. The van der Waals surface area contributed by atoms with Crippen molar-refractivity contribution in [1.82, 2.24) is 9.55 Å². The molecule has 0 amide bonds. The van der Waals surface area contributed by atoms with E-state index in [1.54, 1.807) is 12.3 Å². The molecule has 0 bridgehead atoms. The smallest absolute Gasteiger partial charge is 0.135 e. The van der Waals surface area contributed by atoms with E-state index in [0.717, 1.165) is 85.3 Å². The van der Waals surface area contributed by atoms with Crippen LogP contribution in [0.15, 0.2) is 164 Å². The summed E-state index contributed by atoms with van der Waals surface area (Å²) in [7, 11) is 0. The minimum absolute atomic E-state index is 0. The molecule has 0 saturated carbocycles. The predicted molar refractivity (Wildman–Crippen MR) is 355 cm³/mol. The van der Waals surface area contributed by atoms with Gasteiger partial charge in [0.15, 0.2) is 0 Å². The van der Waals surface area contributed by atoms with Crippen molar-refractivity contribution in [3.05, 3.63) is 222 Å². The zero-order valence-electron chi connectivity index (χ0n) is 58.4. The molecule has 0 radical (unpaired) electrons. The van der Waals surface area contributed by atoms with Crippen LogP contribution in [0.3, 0.4) is 0 Å². The molecule has 8 aromatic carbocycles. The second kappa shape index (κ2) is 21.3. The first-order valence-electron chi connectivity index (χ1n) is 32.8. The number of fused-ring (bicyclic) bond motifs is 5. The number of anilines is 4. The number of ether oxygens (including phenoxy) is 1. The number of benzene rings is 8. The molecule has 0 saturated heterocycles. The zero-order chi connectivity index (χ0) is 64.7. The minimum atomic E-state index is -2.65. The van der Waals surface area contributed by atoms with Crippen LogP contribution in [-0.2, 0) is 53.6 Å². The molecule has 0 spiro atoms.